The molecule has 0 bridgehead atoms. The van der Waals surface area contributed by atoms with Crippen molar-refractivity contribution in [2.75, 3.05) is 6.61 Å². The Bertz CT molecular complexity index is 1030. The average Bonchev–Trinajstić information content (AvgIpc) is 2.71. The van der Waals surface area contributed by atoms with Gasteiger partial charge in [0.1, 0.15) is 5.75 Å². The van der Waals surface area contributed by atoms with Crippen LogP contribution in [0.2, 0.25) is 0 Å². The molecule has 0 spiro atoms. The van der Waals surface area contributed by atoms with Crippen LogP contribution < -0.4 is 15.6 Å². The summed E-state index contributed by atoms with van der Waals surface area (Å²) in [6, 6.07) is 19.5. The molecular weight excluding hydrogens is 432 g/mol. The average molecular weight is 455 g/mol. The monoisotopic (exact) mass is 454 g/mol. The highest BCUT2D eigenvalue weighted by Crippen LogP contribution is 2.28. The molecule has 29 heavy (non-hydrogen) atoms. The Kier molecular flexibility index (Phi) is 6.88. The van der Waals surface area contributed by atoms with E-state index in [0.717, 1.165) is 20.8 Å². The summed E-state index contributed by atoms with van der Waals surface area (Å²) in [4.78, 5) is 24.2. The van der Waals surface area contributed by atoms with Crippen molar-refractivity contribution in [1.82, 2.24) is 10.9 Å². The molecule has 0 heterocycles. The number of rotatable bonds is 6. The molecule has 2 N–H and O–H groups in total. The van der Waals surface area contributed by atoms with Crippen molar-refractivity contribution in [1.29, 1.82) is 0 Å². The van der Waals surface area contributed by atoms with E-state index in [1.807, 2.05) is 60.7 Å². The van der Waals surface area contributed by atoms with Crippen LogP contribution >= 0.6 is 15.9 Å². The van der Waals surface area contributed by atoms with E-state index in [1.54, 1.807) is 0 Å². The highest BCUT2D eigenvalue weighted by atomic mass is 79.9. The van der Waals surface area contributed by atoms with Crippen LogP contribution in [-0.2, 0) is 16.0 Å². The summed E-state index contributed by atoms with van der Waals surface area (Å²) in [5.41, 5.74) is 6.91. The first-order chi connectivity index (χ1) is 13.9. The molecule has 0 aliphatic carbocycles. The number of nitrogens with one attached hydrogen (secondary N) is 2. The number of benzene rings is 3. The van der Waals surface area contributed by atoms with Crippen LogP contribution in [0.1, 0.15) is 30.9 Å². The molecule has 0 saturated heterocycles. The van der Waals surface area contributed by atoms with E-state index in [0.29, 0.717) is 11.7 Å². The predicted octanol–water partition coefficient (Wildman–Crippen LogP) is 4.49. The maximum Gasteiger partial charge on any atom is 0.276 e. The number of hydrogen-bond acceptors (Lipinski definition) is 3. The molecule has 0 saturated carbocycles. The van der Waals surface area contributed by atoms with Crippen molar-refractivity contribution in [2.24, 2.45) is 0 Å². The minimum Gasteiger partial charge on any atom is -0.483 e. The Morgan fingerprint density at radius 3 is 2.45 bits per heavy atom. The molecule has 5 nitrogen and oxygen atoms in total. The largest absolute Gasteiger partial charge is 0.483 e. The first-order valence-corrected chi connectivity index (χ1v) is 10.2. The lowest BCUT2D eigenvalue weighted by atomic mass is 10.0. The number of amides is 2. The molecular formula is C23H23BrN2O3. The second-order valence-electron chi connectivity index (χ2n) is 7.04. The van der Waals surface area contributed by atoms with Crippen LogP contribution in [0.4, 0.5) is 0 Å². The van der Waals surface area contributed by atoms with E-state index in [4.69, 9.17) is 4.74 Å². The molecule has 6 heteroatoms. The Morgan fingerprint density at radius 2 is 1.69 bits per heavy atom. The molecule has 3 rings (SSSR count). The third-order valence-electron chi connectivity index (χ3n) is 4.55. The van der Waals surface area contributed by atoms with Crippen LogP contribution in [0.3, 0.4) is 0 Å². The van der Waals surface area contributed by atoms with E-state index < -0.39 is 5.91 Å². The fourth-order valence-corrected chi connectivity index (χ4v) is 3.49. The molecule has 2 amide bonds. The van der Waals surface area contributed by atoms with Crippen molar-refractivity contribution >= 4 is 38.5 Å². The molecule has 3 aromatic carbocycles. The van der Waals surface area contributed by atoms with Gasteiger partial charge in [0.15, 0.2) is 6.61 Å². The highest BCUT2D eigenvalue weighted by molar-refractivity contribution is 9.10. The van der Waals surface area contributed by atoms with Gasteiger partial charge in [0.25, 0.3) is 5.91 Å². The minimum atomic E-state index is -0.434. The summed E-state index contributed by atoms with van der Waals surface area (Å²) >= 11 is 3.46. The lowest BCUT2D eigenvalue weighted by molar-refractivity contribution is -0.129. The molecule has 0 unspecified atom stereocenters. The van der Waals surface area contributed by atoms with Crippen molar-refractivity contribution in [3.05, 3.63) is 76.3 Å². The van der Waals surface area contributed by atoms with Gasteiger partial charge in [0, 0.05) is 0 Å². The molecule has 0 aliphatic heterocycles. The van der Waals surface area contributed by atoms with Gasteiger partial charge in [-0.05, 0) is 55.9 Å². The second kappa shape index (κ2) is 9.56. The van der Waals surface area contributed by atoms with Gasteiger partial charge in [-0.2, -0.15) is 0 Å². The molecule has 3 aromatic rings. The fourth-order valence-electron chi connectivity index (χ4n) is 2.98. The van der Waals surface area contributed by atoms with Gasteiger partial charge >= 0.3 is 0 Å². The fraction of sp³-hybridized carbons (Fsp3) is 0.217. The maximum absolute atomic E-state index is 12.2. The lowest BCUT2D eigenvalue weighted by Crippen LogP contribution is -2.44. The minimum absolute atomic E-state index is 0.171. The van der Waals surface area contributed by atoms with Gasteiger partial charge in [-0.15, -0.1) is 0 Å². The van der Waals surface area contributed by atoms with Gasteiger partial charge in [-0.3, -0.25) is 20.4 Å². The number of hydrazine groups is 1. The molecule has 150 valence electrons. The lowest BCUT2D eigenvalue weighted by Gasteiger charge is -2.12. The van der Waals surface area contributed by atoms with Gasteiger partial charge in [-0.1, -0.05) is 62.4 Å². The summed E-state index contributed by atoms with van der Waals surface area (Å²) in [6.45, 7) is 4.02. The number of carbonyl (C=O) groups excluding carboxylic acids is 2. The maximum atomic E-state index is 12.2. The van der Waals surface area contributed by atoms with Crippen LogP contribution in [0, 0.1) is 0 Å². The zero-order chi connectivity index (χ0) is 20.8. The predicted molar refractivity (Wildman–Crippen MR) is 118 cm³/mol. The summed E-state index contributed by atoms with van der Waals surface area (Å²) in [5, 5.41) is 2.10. The van der Waals surface area contributed by atoms with Crippen molar-refractivity contribution < 1.29 is 14.3 Å². The first kappa shape index (κ1) is 20.9. The van der Waals surface area contributed by atoms with Crippen LogP contribution in [-0.4, -0.2) is 18.4 Å². The molecule has 0 aromatic heterocycles. The zero-order valence-electron chi connectivity index (χ0n) is 16.4. The third kappa shape index (κ3) is 5.57. The van der Waals surface area contributed by atoms with E-state index in [2.05, 4.69) is 40.6 Å². The van der Waals surface area contributed by atoms with Crippen LogP contribution in [0.15, 0.2) is 65.1 Å². The van der Waals surface area contributed by atoms with E-state index >= 15 is 0 Å². The van der Waals surface area contributed by atoms with Gasteiger partial charge in [-0.25, -0.2) is 0 Å². The number of ether oxygens (including phenoxy) is 1. The van der Waals surface area contributed by atoms with Gasteiger partial charge in [0.05, 0.1) is 10.9 Å². The summed E-state index contributed by atoms with van der Waals surface area (Å²) in [7, 11) is 0. The second-order valence-corrected chi connectivity index (χ2v) is 7.90. The number of fused-ring (bicyclic) bond motifs is 1. The number of halogens is 1. The number of hydrogen-bond donors (Lipinski definition) is 2. The smallest absolute Gasteiger partial charge is 0.276 e. The highest BCUT2D eigenvalue weighted by Gasteiger charge is 2.10. The van der Waals surface area contributed by atoms with Crippen molar-refractivity contribution in [3.8, 4) is 5.75 Å². The Hall–Kier alpha value is -2.86. The van der Waals surface area contributed by atoms with Crippen LogP contribution in [0.25, 0.3) is 10.8 Å². The van der Waals surface area contributed by atoms with Crippen molar-refractivity contribution in [3.63, 3.8) is 0 Å². The molecule has 0 fully saturated rings. The van der Waals surface area contributed by atoms with Crippen LogP contribution in [0.5, 0.6) is 5.75 Å². The zero-order valence-corrected chi connectivity index (χ0v) is 18.0. The normalized spacial score (nSPS) is 10.8. The summed E-state index contributed by atoms with van der Waals surface area (Å²) < 4.78 is 6.32. The van der Waals surface area contributed by atoms with E-state index in [9.17, 15) is 9.59 Å². The SMILES string of the molecule is CC(C)c1ccc(OCC(=O)NNC(=O)Cc2cccc3ccccc23)c(Br)c1. The topological polar surface area (TPSA) is 67.4 Å². The molecule has 0 aliphatic rings. The first-order valence-electron chi connectivity index (χ1n) is 9.40. The molecule has 0 atom stereocenters. The molecule has 0 radical (unpaired) electrons. The standard InChI is InChI=1S/C23H23BrN2O3/c1-15(2)17-10-11-21(20(24)12-17)29-14-23(28)26-25-22(27)13-18-8-5-7-16-6-3-4-9-19(16)18/h3-12,15H,13-14H2,1-2H3,(H,25,27)(H,26,28). The van der Waals surface area contributed by atoms with Gasteiger partial charge < -0.3 is 4.74 Å². The van der Waals surface area contributed by atoms with E-state index in [1.165, 1.54) is 5.56 Å². The quantitative estimate of drug-likeness (QED) is 0.538. The van der Waals surface area contributed by atoms with Gasteiger partial charge in [0.2, 0.25) is 5.91 Å². The summed E-state index contributed by atoms with van der Waals surface area (Å²) in [6.07, 6.45) is 0.171. The Labute approximate surface area is 178 Å². The number of carbonyl (C=O) groups is 2. The summed E-state index contributed by atoms with van der Waals surface area (Å²) in [5.74, 6) is 0.250. The Balaban J connectivity index is 1.50. The van der Waals surface area contributed by atoms with E-state index in [-0.39, 0.29) is 18.9 Å². The third-order valence-corrected chi connectivity index (χ3v) is 5.17. The Morgan fingerprint density at radius 1 is 0.966 bits per heavy atom. The van der Waals surface area contributed by atoms with Crippen molar-refractivity contribution in [2.45, 2.75) is 26.2 Å².